The van der Waals surface area contributed by atoms with Crippen molar-refractivity contribution in [3.05, 3.63) is 72.3 Å². The molecule has 0 saturated heterocycles. The maximum Gasteiger partial charge on any atom is 0.255 e. The summed E-state index contributed by atoms with van der Waals surface area (Å²) in [5.41, 5.74) is 3.20. The minimum absolute atomic E-state index is 0.142. The Morgan fingerprint density at radius 3 is 2.45 bits per heavy atom. The number of carbonyl (C=O) groups is 1. The van der Waals surface area contributed by atoms with Crippen LogP contribution in [-0.4, -0.2) is 44.7 Å². The lowest BCUT2D eigenvalue weighted by atomic mass is 10.1. The van der Waals surface area contributed by atoms with Crippen LogP contribution in [0.15, 0.2) is 81.6 Å². The van der Waals surface area contributed by atoms with E-state index in [0.29, 0.717) is 0 Å². The second kappa shape index (κ2) is 9.21. The Balaban J connectivity index is 1.63. The number of hydrogen-bond acceptors (Lipinski definition) is 5. The number of thioether (sulfide) groups is 1. The fourth-order valence-electron chi connectivity index (χ4n) is 2.70. The Labute approximate surface area is 174 Å². The van der Waals surface area contributed by atoms with E-state index in [2.05, 4.69) is 10.5 Å². The van der Waals surface area contributed by atoms with E-state index in [4.69, 9.17) is 0 Å². The number of nitrogens with zero attached hydrogens (tertiary/aromatic N) is 2. The molecule has 1 N–H and O–H groups in total. The van der Waals surface area contributed by atoms with E-state index in [1.165, 1.54) is 13.3 Å². The lowest BCUT2D eigenvalue weighted by molar-refractivity contribution is -0.121. The second-order valence-electron chi connectivity index (χ2n) is 6.34. The molecule has 0 aliphatic rings. The van der Waals surface area contributed by atoms with Gasteiger partial charge in [0.2, 0.25) is 10.0 Å². The first-order valence-corrected chi connectivity index (χ1v) is 11.5. The van der Waals surface area contributed by atoms with Crippen molar-refractivity contribution in [1.29, 1.82) is 0 Å². The van der Waals surface area contributed by atoms with Crippen molar-refractivity contribution in [2.75, 3.05) is 19.8 Å². The molecular weight excluding hydrogens is 406 g/mol. The topological polar surface area (TPSA) is 78.8 Å². The van der Waals surface area contributed by atoms with Crippen molar-refractivity contribution in [2.24, 2.45) is 5.10 Å². The predicted octanol–water partition coefficient (Wildman–Crippen LogP) is 3.33. The maximum absolute atomic E-state index is 12.8. The minimum atomic E-state index is -3.79. The van der Waals surface area contributed by atoms with E-state index < -0.39 is 15.9 Å². The van der Waals surface area contributed by atoms with Crippen LogP contribution in [0.1, 0.15) is 5.56 Å². The fourth-order valence-corrected chi connectivity index (χ4v) is 4.27. The predicted molar refractivity (Wildman–Crippen MR) is 118 cm³/mol. The molecule has 29 heavy (non-hydrogen) atoms. The van der Waals surface area contributed by atoms with Crippen LogP contribution in [0.25, 0.3) is 10.8 Å². The van der Waals surface area contributed by atoms with E-state index in [0.717, 1.165) is 25.5 Å². The van der Waals surface area contributed by atoms with Gasteiger partial charge in [-0.05, 0) is 46.9 Å². The summed E-state index contributed by atoms with van der Waals surface area (Å²) in [6, 6.07) is 20.1. The molecule has 0 aliphatic heterocycles. The van der Waals surface area contributed by atoms with Gasteiger partial charge in [0.15, 0.2) is 0 Å². The van der Waals surface area contributed by atoms with Gasteiger partial charge in [0.1, 0.15) is 0 Å². The molecule has 3 aromatic rings. The number of hydrogen-bond donors (Lipinski definition) is 1. The number of fused-ring (bicyclic) bond motifs is 1. The highest BCUT2D eigenvalue weighted by molar-refractivity contribution is 7.98. The van der Waals surface area contributed by atoms with Crippen molar-refractivity contribution in [2.45, 2.75) is 9.79 Å². The lowest BCUT2D eigenvalue weighted by Gasteiger charge is -2.16. The van der Waals surface area contributed by atoms with E-state index in [9.17, 15) is 13.2 Å². The van der Waals surface area contributed by atoms with Crippen LogP contribution in [0.4, 0.5) is 0 Å². The smallest absolute Gasteiger partial charge is 0.255 e. The Kier molecular flexibility index (Phi) is 6.68. The van der Waals surface area contributed by atoms with Crippen molar-refractivity contribution in [1.82, 2.24) is 9.73 Å². The molecule has 1 amide bonds. The number of likely N-dealkylation sites (N-methyl/N-ethyl adjacent to an activating group) is 1. The number of amides is 1. The van der Waals surface area contributed by atoms with Gasteiger partial charge < -0.3 is 0 Å². The molecule has 0 aromatic heterocycles. The lowest BCUT2D eigenvalue weighted by Crippen LogP contribution is -2.36. The summed E-state index contributed by atoms with van der Waals surface area (Å²) in [4.78, 5) is 13.4. The average molecular weight is 428 g/mol. The van der Waals surface area contributed by atoms with Crippen molar-refractivity contribution in [3.8, 4) is 0 Å². The van der Waals surface area contributed by atoms with Gasteiger partial charge in [-0.1, -0.05) is 42.5 Å². The number of sulfonamides is 1. The Morgan fingerprint density at radius 2 is 1.76 bits per heavy atom. The standard InChI is InChI=1S/C21H21N3O3S2/c1-24(15-21(25)23-22-14-16-7-10-19(28-2)11-8-16)29(26,27)20-12-9-17-5-3-4-6-18(17)13-20/h3-14H,15H2,1-2H3,(H,23,25)/b22-14-. The molecule has 0 heterocycles. The summed E-state index contributed by atoms with van der Waals surface area (Å²) >= 11 is 1.64. The minimum Gasteiger partial charge on any atom is -0.272 e. The monoisotopic (exact) mass is 427 g/mol. The SMILES string of the molecule is CSc1ccc(/C=N\NC(=O)CN(C)S(=O)(=O)c2ccc3ccccc3c2)cc1. The number of carbonyl (C=O) groups excluding carboxylic acids is 1. The molecule has 150 valence electrons. The third kappa shape index (κ3) is 5.23. The molecule has 0 saturated carbocycles. The average Bonchev–Trinajstić information content (AvgIpc) is 2.73. The third-order valence-electron chi connectivity index (χ3n) is 4.31. The summed E-state index contributed by atoms with van der Waals surface area (Å²) in [5, 5.41) is 5.67. The molecule has 0 fully saturated rings. The number of nitrogens with one attached hydrogen (secondary N) is 1. The van der Waals surface area contributed by atoms with E-state index in [1.807, 2.05) is 54.8 Å². The van der Waals surface area contributed by atoms with Gasteiger partial charge in [-0.25, -0.2) is 13.8 Å². The summed E-state index contributed by atoms with van der Waals surface area (Å²) in [6.45, 7) is -0.335. The van der Waals surface area contributed by atoms with E-state index in [-0.39, 0.29) is 11.4 Å². The van der Waals surface area contributed by atoms with Gasteiger partial charge >= 0.3 is 0 Å². The summed E-state index contributed by atoms with van der Waals surface area (Å²) in [5.74, 6) is -0.520. The van der Waals surface area contributed by atoms with Crippen molar-refractivity contribution in [3.63, 3.8) is 0 Å². The fraction of sp³-hybridized carbons (Fsp3) is 0.143. The Bertz CT molecular complexity index is 1140. The molecular formula is C21H21N3O3S2. The summed E-state index contributed by atoms with van der Waals surface area (Å²) in [7, 11) is -2.42. The Hall–Kier alpha value is -2.68. The number of hydrazone groups is 1. The molecule has 8 heteroatoms. The van der Waals surface area contributed by atoms with Crippen LogP contribution in [-0.2, 0) is 14.8 Å². The molecule has 0 spiro atoms. The van der Waals surface area contributed by atoms with Crippen LogP contribution in [0.3, 0.4) is 0 Å². The van der Waals surface area contributed by atoms with Crippen LogP contribution >= 0.6 is 11.8 Å². The van der Waals surface area contributed by atoms with Crippen molar-refractivity contribution < 1.29 is 13.2 Å². The molecule has 6 nitrogen and oxygen atoms in total. The van der Waals surface area contributed by atoms with Crippen LogP contribution in [0.2, 0.25) is 0 Å². The first-order chi connectivity index (χ1) is 13.9. The van der Waals surface area contributed by atoms with Crippen LogP contribution < -0.4 is 5.43 Å². The second-order valence-corrected chi connectivity index (χ2v) is 9.26. The molecule has 3 aromatic carbocycles. The molecule has 0 bridgehead atoms. The van der Waals surface area contributed by atoms with Gasteiger partial charge in [-0.15, -0.1) is 11.8 Å². The maximum atomic E-state index is 12.8. The van der Waals surface area contributed by atoms with Gasteiger partial charge in [0, 0.05) is 11.9 Å². The first kappa shape index (κ1) is 21.0. The molecule has 0 atom stereocenters. The van der Waals surface area contributed by atoms with Gasteiger partial charge in [-0.3, -0.25) is 4.79 Å². The number of benzene rings is 3. The van der Waals surface area contributed by atoms with Crippen LogP contribution in [0, 0.1) is 0 Å². The first-order valence-electron chi connectivity index (χ1n) is 8.81. The molecule has 0 unspecified atom stereocenters. The van der Waals surface area contributed by atoms with Gasteiger partial charge in [0.05, 0.1) is 17.7 Å². The zero-order chi connectivity index (χ0) is 20.9. The highest BCUT2D eigenvalue weighted by atomic mass is 32.2. The third-order valence-corrected chi connectivity index (χ3v) is 6.86. The van der Waals surface area contributed by atoms with E-state index in [1.54, 1.807) is 30.0 Å². The highest BCUT2D eigenvalue weighted by Crippen LogP contribution is 2.21. The van der Waals surface area contributed by atoms with Crippen LogP contribution in [0.5, 0.6) is 0 Å². The Morgan fingerprint density at radius 1 is 1.07 bits per heavy atom. The molecule has 0 radical (unpaired) electrons. The van der Waals surface area contributed by atoms with Crippen molar-refractivity contribution >= 4 is 44.7 Å². The quantitative estimate of drug-likeness (QED) is 0.356. The summed E-state index contributed by atoms with van der Waals surface area (Å²) in [6.07, 6.45) is 3.51. The number of rotatable bonds is 7. The zero-order valence-electron chi connectivity index (χ0n) is 16.1. The zero-order valence-corrected chi connectivity index (χ0v) is 17.7. The normalized spacial score (nSPS) is 12.0. The largest absolute Gasteiger partial charge is 0.272 e. The molecule has 3 rings (SSSR count). The highest BCUT2D eigenvalue weighted by Gasteiger charge is 2.23. The molecule has 0 aliphatic carbocycles. The van der Waals surface area contributed by atoms with Gasteiger partial charge in [0.25, 0.3) is 5.91 Å². The van der Waals surface area contributed by atoms with E-state index >= 15 is 0 Å². The summed E-state index contributed by atoms with van der Waals surface area (Å²) < 4.78 is 26.6. The van der Waals surface area contributed by atoms with Gasteiger partial charge in [-0.2, -0.15) is 9.41 Å².